The van der Waals surface area contributed by atoms with Crippen molar-refractivity contribution in [1.29, 1.82) is 5.26 Å². The van der Waals surface area contributed by atoms with Crippen molar-refractivity contribution in [1.82, 2.24) is 9.80 Å². The lowest BCUT2D eigenvalue weighted by atomic mass is 10.1. The zero-order valence-electron chi connectivity index (χ0n) is 10.2. The smallest absolute Gasteiger partial charge is 0.305 e. The van der Waals surface area contributed by atoms with E-state index in [2.05, 4.69) is 11.0 Å². The predicted molar refractivity (Wildman–Crippen MR) is 63.5 cm³/mol. The lowest BCUT2D eigenvalue weighted by Gasteiger charge is -2.35. The molecule has 0 aromatic heterocycles. The topological polar surface area (TPSA) is 111 Å². The van der Waals surface area contributed by atoms with Crippen LogP contribution in [0.4, 0.5) is 0 Å². The lowest BCUT2D eigenvalue weighted by Crippen LogP contribution is -2.53. The van der Waals surface area contributed by atoms with Crippen LogP contribution in [0.1, 0.15) is 12.8 Å². The number of rotatable bonds is 5. The summed E-state index contributed by atoms with van der Waals surface area (Å²) in [5, 5.41) is 17.1. The quantitative estimate of drug-likeness (QED) is 0.640. The highest BCUT2D eigenvalue weighted by Gasteiger charge is 2.26. The zero-order valence-corrected chi connectivity index (χ0v) is 10.2. The van der Waals surface area contributed by atoms with E-state index in [1.54, 1.807) is 4.90 Å². The second-order valence-corrected chi connectivity index (χ2v) is 4.28. The summed E-state index contributed by atoms with van der Waals surface area (Å²) in [4.78, 5) is 26.0. The minimum absolute atomic E-state index is 0.308. The van der Waals surface area contributed by atoms with Crippen LogP contribution in [-0.2, 0) is 9.59 Å². The minimum atomic E-state index is -1.07. The number of nitrogens with zero attached hydrogens (tertiary/aromatic N) is 3. The maximum atomic E-state index is 11.8. The molecular formula is C11H18N4O3. The van der Waals surface area contributed by atoms with Gasteiger partial charge in [0.05, 0.1) is 18.5 Å². The van der Waals surface area contributed by atoms with Crippen molar-refractivity contribution in [2.24, 2.45) is 5.73 Å². The van der Waals surface area contributed by atoms with Gasteiger partial charge in [-0.1, -0.05) is 0 Å². The van der Waals surface area contributed by atoms with Crippen molar-refractivity contribution in [3.63, 3.8) is 0 Å². The Morgan fingerprint density at radius 3 is 2.44 bits per heavy atom. The second-order valence-electron chi connectivity index (χ2n) is 4.28. The molecule has 1 amide bonds. The number of carbonyl (C=O) groups is 2. The van der Waals surface area contributed by atoms with Crippen molar-refractivity contribution in [3.05, 3.63) is 0 Å². The number of carbonyl (C=O) groups excluding carboxylic acids is 1. The van der Waals surface area contributed by atoms with Gasteiger partial charge in [0.2, 0.25) is 5.91 Å². The van der Waals surface area contributed by atoms with Gasteiger partial charge in [0, 0.05) is 39.1 Å². The Balaban J connectivity index is 2.36. The average molecular weight is 254 g/mol. The highest BCUT2D eigenvalue weighted by Crippen LogP contribution is 2.05. The Morgan fingerprint density at radius 2 is 1.94 bits per heavy atom. The zero-order chi connectivity index (χ0) is 13.5. The molecule has 0 aliphatic carbocycles. The number of nitriles is 1. The molecule has 1 fully saturated rings. The van der Waals surface area contributed by atoms with Crippen LogP contribution in [0.15, 0.2) is 0 Å². The summed E-state index contributed by atoms with van der Waals surface area (Å²) >= 11 is 0. The SMILES string of the molecule is N#CCCN1CCN(C(=O)C(N)CC(=O)O)CC1. The normalized spacial score (nSPS) is 18.1. The first-order valence-corrected chi connectivity index (χ1v) is 5.90. The van der Waals surface area contributed by atoms with E-state index < -0.39 is 12.0 Å². The van der Waals surface area contributed by atoms with Crippen LogP contribution in [0.25, 0.3) is 0 Å². The van der Waals surface area contributed by atoms with Gasteiger partial charge in [0.1, 0.15) is 0 Å². The molecule has 1 saturated heterocycles. The maximum absolute atomic E-state index is 11.8. The summed E-state index contributed by atoms with van der Waals surface area (Å²) in [5.41, 5.74) is 5.54. The molecule has 0 saturated carbocycles. The molecule has 1 atom stereocenters. The number of amides is 1. The van der Waals surface area contributed by atoms with E-state index in [0.717, 1.165) is 0 Å². The first kappa shape index (κ1) is 14.4. The van der Waals surface area contributed by atoms with E-state index in [4.69, 9.17) is 16.1 Å². The molecule has 1 aliphatic heterocycles. The number of hydrogen-bond acceptors (Lipinski definition) is 5. The first-order valence-electron chi connectivity index (χ1n) is 5.90. The van der Waals surface area contributed by atoms with E-state index in [9.17, 15) is 9.59 Å². The van der Waals surface area contributed by atoms with Gasteiger partial charge < -0.3 is 15.7 Å². The summed E-state index contributed by atoms with van der Waals surface area (Å²) in [7, 11) is 0. The number of aliphatic carboxylic acids is 1. The Kier molecular flexibility index (Phi) is 5.55. The van der Waals surface area contributed by atoms with Crippen LogP contribution in [0.2, 0.25) is 0 Å². The third-order valence-electron chi connectivity index (χ3n) is 2.94. The molecule has 3 N–H and O–H groups in total. The summed E-state index contributed by atoms with van der Waals surface area (Å²) in [6.45, 7) is 3.19. The molecule has 7 nitrogen and oxygen atoms in total. The molecule has 1 unspecified atom stereocenters. The predicted octanol–water partition coefficient (Wildman–Crippen LogP) is -1.15. The standard InChI is InChI=1S/C11H18N4O3/c12-2-1-3-14-4-6-15(7-5-14)11(18)9(13)8-10(16)17/h9H,1,3-8,13H2,(H,16,17). The van der Waals surface area contributed by atoms with Crippen molar-refractivity contribution in [2.75, 3.05) is 32.7 Å². The summed E-state index contributed by atoms with van der Waals surface area (Å²) < 4.78 is 0. The average Bonchev–Trinajstić information content (AvgIpc) is 2.35. The van der Waals surface area contributed by atoms with Crippen molar-refractivity contribution in [2.45, 2.75) is 18.9 Å². The molecule has 1 rings (SSSR count). The molecule has 0 aromatic rings. The van der Waals surface area contributed by atoms with Gasteiger partial charge >= 0.3 is 5.97 Å². The molecule has 0 spiro atoms. The molecule has 0 aromatic carbocycles. The van der Waals surface area contributed by atoms with Gasteiger partial charge in [-0.15, -0.1) is 0 Å². The van der Waals surface area contributed by atoms with Gasteiger partial charge in [-0.25, -0.2) is 0 Å². The lowest BCUT2D eigenvalue weighted by molar-refractivity contribution is -0.142. The van der Waals surface area contributed by atoms with Gasteiger partial charge in [0.25, 0.3) is 0 Å². The Bertz CT molecular complexity index is 345. The van der Waals surface area contributed by atoms with E-state index in [-0.39, 0.29) is 12.3 Å². The van der Waals surface area contributed by atoms with Crippen LogP contribution in [-0.4, -0.2) is 65.5 Å². The van der Waals surface area contributed by atoms with Gasteiger partial charge in [-0.3, -0.25) is 14.5 Å². The van der Waals surface area contributed by atoms with Crippen molar-refractivity contribution >= 4 is 11.9 Å². The van der Waals surface area contributed by atoms with Gasteiger partial charge in [-0.05, 0) is 0 Å². The molecule has 7 heteroatoms. The second kappa shape index (κ2) is 6.93. The van der Waals surface area contributed by atoms with Crippen LogP contribution < -0.4 is 5.73 Å². The Hall–Kier alpha value is -1.65. The maximum Gasteiger partial charge on any atom is 0.305 e. The van der Waals surface area contributed by atoms with Crippen molar-refractivity contribution in [3.8, 4) is 6.07 Å². The third-order valence-corrected chi connectivity index (χ3v) is 2.94. The van der Waals surface area contributed by atoms with Crippen LogP contribution in [0.3, 0.4) is 0 Å². The molecule has 0 bridgehead atoms. The van der Waals surface area contributed by atoms with Crippen LogP contribution in [0, 0.1) is 11.3 Å². The van der Waals surface area contributed by atoms with E-state index >= 15 is 0 Å². The fourth-order valence-corrected chi connectivity index (χ4v) is 1.91. The fourth-order valence-electron chi connectivity index (χ4n) is 1.91. The number of hydrogen-bond donors (Lipinski definition) is 2. The number of carboxylic acids is 1. The molecule has 18 heavy (non-hydrogen) atoms. The monoisotopic (exact) mass is 254 g/mol. The molecular weight excluding hydrogens is 236 g/mol. The van der Waals surface area contributed by atoms with Crippen LogP contribution in [0.5, 0.6) is 0 Å². The van der Waals surface area contributed by atoms with Gasteiger partial charge in [-0.2, -0.15) is 5.26 Å². The minimum Gasteiger partial charge on any atom is -0.481 e. The highest BCUT2D eigenvalue weighted by atomic mass is 16.4. The highest BCUT2D eigenvalue weighted by molar-refractivity contribution is 5.86. The van der Waals surface area contributed by atoms with E-state index in [1.807, 2.05) is 0 Å². The Labute approximate surface area is 106 Å². The number of piperazine rings is 1. The molecule has 0 radical (unpaired) electrons. The van der Waals surface area contributed by atoms with E-state index in [0.29, 0.717) is 39.1 Å². The first-order chi connectivity index (χ1) is 8.54. The van der Waals surface area contributed by atoms with E-state index in [1.165, 1.54) is 0 Å². The largest absolute Gasteiger partial charge is 0.481 e. The Morgan fingerprint density at radius 1 is 1.33 bits per heavy atom. The van der Waals surface area contributed by atoms with Gasteiger partial charge in [0.15, 0.2) is 0 Å². The third kappa shape index (κ3) is 4.31. The van der Waals surface area contributed by atoms with Crippen molar-refractivity contribution < 1.29 is 14.7 Å². The number of carboxylic acid groups (broad SMARTS) is 1. The summed E-state index contributed by atoms with van der Waals surface area (Å²) in [5.74, 6) is -1.37. The molecule has 100 valence electrons. The summed E-state index contributed by atoms with van der Waals surface area (Å²) in [6.07, 6.45) is 0.139. The van der Waals surface area contributed by atoms with Crippen LogP contribution >= 0.6 is 0 Å². The fraction of sp³-hybridized carbons (Fsp3) is 0.727. The molecule has 1 heterocycles. The number of nitrogens with two attached hydrogens (primary N) is 1. The summed E-state index contributed by atoms with van der Waals surface area (Å²) in [6, 6.07) is 1.12. The molecule has 1 aliphatic rings.